The molecule has 1 atom stereocenters. The van der Waals surface area contributed by atoms with E-state index in [-0.39, 0.29) is 30.5 Å². The fourth-order valence-electron chi connectivity index (χ4n) is 1.61. The van der Waals surface area contributed by atoms with E-state index >= 15 is 0 Å². The minimum absolute atomic E-state index is 0. The topological polar surface area (TPSA) is 56.7 Å². The van der Waals surface area contributed by atoms with Gasteiger partial charge in [0.25, 0.3) is 0 Å². The van der Waals surface area contributed by atoms with Crippen LogP contribution in [-0.4, -0.2) is 30.7 Å². The molecule has 3 N–H and O–H groups in total. The minimum Gasteiger partial charge on any atom is -0.386 e. The first kappa shape index (κ1) is 19.5. The molecule has 4 nitrogen and oxygen atoms in total. The van der Waals surface area contributed by atoms with E-state index in [0.29, 0.717) is 10.6 Å². The summed E-state index contributed by atoms with van der Waals surface area (Å²) in [4.78, 5) is 4.35. The molecule has 0 aliphatic heterocycles. The summed E-state index contributed by atoms with van der Waals surface area (Å²) in [6, 6.07) is 7.28. The van der Waals surface area contributed by atoms with Crippen LogP contribution in [0.3, 0.4) is 0 Å². The number of hydrogen-bond acceptors (Lipinski definition) is 2. The van der Waals surface area contributed by atoms with Gasteiger partial charge in [-0.05, 0) is 19.4 Å². The highest BCUT2D eigenvalue weighted by Crippen LogP contribution is 2.22. The van der Waals surface area contributed by atoms with Gasteiger partial charge in [-0.25, -0.2) is 0 Å². The lowest BCUT2D eigenvalue weighted by atomic mass is 10.1. The first-order valence-electron chi connectivity index (χ1n) is 6.63. The Balaban J connectivity index is 0.00000361. The smallest absolute Gasteiger partial charge is 0.191 e. The standard InChI is InChI=1S/C14H22ClN3O.HI/c1-3-9-17-14(16-4-2)18-10-13(19)11-7-5-6-8-12(11)15;/h5-8,13,19H,3-4,9-10H2,1-2H3,(H2,16,17,18);1H. The van der Waals surface area contributed by atoms with Gasteiger partial charge in [0.05, 0.1) is 6.54 Å². The van der Waals surface area contributed by atoms with Crippen LogP contribution >= 0.6 is 35.6 Å². The highest BCUT2D eigenvalue weighted by atomic mass is 127. The van der Waals surface area contributed by atoms with Crippen molar-refractivity contribution in [1.29, 1.82) is 0 Å². The van der Waals surface area contributed by atoms with Gasteiger partial charge in [-0.15, -0.1) is 24.0 Å². The molecular weight excluding hydrogens is 389 g/mol. The normalized spacial score (nSPS) is 12.5. The molecule has 0 saturated carbocycles. The number of aliphatic hydroxyl groups is 1. The molecule has 0 heterocycles. The van der Waals surface area contributed by atoms with Crippen molar-refractivity contribution >= 4 is 41.5 Å². The zero-order valence-electron chi connectivity index (χ0n) is 11.9. The number of guanidine groups is 1. The summed E-state index contributed by atoms with van der Waals surface area (Å²) in [7, 11) is 0. The van der Waals surface area contributed by atoms with Crippen LogP contribution in [-0.2, 0) is 0 Å². The molecule has 6 heteroatoms. The first-order chi connectivity index (χ1) is 9.19. The molecule has 0 aliphatic rings. The van der Waals surface area contributed by atoms with E-state index < -0.39 is 6.10 Å². The van der Waals surface area contributed by atoms with Gasteiger partial charge in [-0.3, -0.25) is 4.99 Å². The van der Waals surface area contributed by atoms with Gasteiger partial charge >= 0.3 is 0 Å². The van der Waals surface area contributed by atoms with Crippen molar-refractivity contribution in [2.45, 2.75) is 26.4 Å². The number of aliphatic hydroxyl groups excluding tert-OH is 1. The lowest BCUT2D eigenvalue weighted by molar-refractivity contribution is 0.187. The van der Waals surface area contributed by atoms with Gasteiger partial charge in [0.15, 0.2) is 5.96 Å². The van der Waals surface area contributed by atoms with Crippen molar-refractivity contribution in [3.05, 3.63) is 34.9 Å². The third-order valence-corrected chi connectivity index (χ3v) is 2.92. The van der Waals surface area contributed by atoms with Gasteiger partial charge in [-0.2, -0.15) is 0 Å². The van der Waals surface area contributed by atoms with E-state index in [2.05, 4.69) is 22.5 Å². The molecule has 0 spiro atoms. The second kappa shape index (κ2) is 11.2. The fraction of sp³-hybridized carbons (Fsp3) is 0.500. The number of halogens is 2. The maximum atomic E-state index is 10.1. The van der Waals surface area contributed by atoms with Gasteiger partial charge in [0, 0.05) is 23.7 Å². The molecule has 0 fully saturated rings. The van der Waals surface area contributed by atoms with Gasteiger partial charge in [0.2, 0.25) is 0 Å². The predicted octanol–water partition coefficient (Wildman–Crippen LogP) is 2.96. The Kier molecular flexibility index (Phi) is 10.9. The number of hydrogen-bond donors (Lipinski definition) is 3. The fourth-order valence-corrected chi connectivity index (χ4v) is 1.87. The van der Waals surface area contributed by atoms with Crippen LogP contribution in [0.1, 0.15) is 31.9 Å². The molecule has 0 aromatic heterocycles. The number of benzene rings is 1. The Hall–Kier alpha value is -0.530. The van der Waals surface area contributed by atoms with E-state index in [0.717, 1.165) is 25.5 Å². The summed E-state index contributed by atoms with van der Waals surface area (Å²) in [5, 5.41) is 17.0. The summed E-state index contributed by atoms with van der Waals surface area (Å²) in [6.07, 6.45) is 0.336. The van der Waals surface area contributed by atoms with E-state index in [1.165, 1.54) is 0 Å². The molecule has 20 heavy (non-hydrogen) atoms. The monoisotopic (exact) mass is 411 g/mol. The van der Waals surface area contributed by atoms with Crippen molar-refractivity contribution < 1.29 is 5.11 Å². The summed E-state index contributed by atoms with van der Waals surface area (Å²) >= 11 is 6.04. The van der Waals surface area contributed by atoms with Crippen LogP contribution in [0, 0.1) is 0 Å². The molecule has 0 amide bonds. The zero-order valence-corrected chi connectivity index (χ0v) is 15.0. The van der Waals surface area contributed by atoms with Crippen molar-refractivity contribution in [3.63, 3.8) is 0 Å². The molecular formula is C14H23ClIN3O. The van der Waals surface area contributed by atoms with E-state index in [4.69, 9.17) is 11.6 Å². The van der Waals surface area contributed by atoms with Crippen molar-refractivity contribution in [1.82, 2.24) is 10.6 Å². The number of aliphatic imine (C=N–C) groups is 1. The van der Waals surface area contributed by atoms with Crippen LogP contribution in [0.4, 0.5) is 0 Å². The highest BCUT2D eigenvalue weighted by molar-refractivity contribution is 14.0. The predicted molar refractivity (Wildman–Crippen MR) is 96.1 cm³/mol. The second-order valence-electron chi connectivity index (χ2n) is 4.18. The molecule has 114 valence electrons. The molecule has 1 aromatic carbocycles. The number of rotatable bonds is 6. The highest BCUT2D eigenvalue weighted by Gasteiger charge is 2.10. The van der Waals surface area contributed by atoms with Crippen LogP contribution < -0.4 is 10.6 Å². The molecule has 0 aliphatic carbocycles. The van der Waals surface area contributed by atoms with E-state index in [1.54, 1.807) is 6.07 Å². The van der Waals surface area contributed by atoms with Crippen molar-refractivity contribution in [2.75, 3.05) is 19.6 Å². The Morgan fingerprint density at radius 2 is 2.00 bits per heavy atom. The average Bonchev–Trinajstić information content (AvgIpc) is 2.42. The lowest BCUT2D eigenvalue weighted by Crippen LogP contribution is -2.37. The SMILES string of the molecule is CCCNC(=NCC(O)c1ccccc1Cl)NCC.I. The van der Waals surface area contributed by atoms with Crippen LogP contribution in [0.15, 0.2) is 29.3 Å². The van der Waals surface area contributed by atoms with Crippen LogP contribution in [0.5, 0.6) is 0 Å². The largest absolute Gasteiger partial charge is 0.386 e. The quantitative estimate of drug-likeness (QED) is 0.383. The summed E-state index contributed by atoms with van der Waals surface area (Å²) in [5.74, 6) is 0.718. The van der Waals surface area contributed by atoms with E-state index in [9.17, 15) is 5.11 Å². The Bertz CT molecular complexity index is 415. The zero-order chi connectivity index (χ0) is 14.1. The molecule has 1 unspecified atom stereocenters. The second-order valence-corrected chi connectivity index (χ2v) is 4.59. The lowest BCUT2D eigenvalue weighted by Gasteiger charge is -2.13. The molecule has 0 saturated heterocycles. The third kappa shape index (κ3) is 6.76. The average molecular weight is 412 g/mol. The molecule has 0 bridgehead atoms. The summed E-state index contributed by atoms with van der Waals surface area (Å²) in [5.41, 5.74) is 0.708. The maximum Gasteiger partial charge on any atom is 0.191 e. The van der Waals surface area contributed by atoms with Crippen molar-refractivity contribution in [2.24, 2.45) is 4.99 Å². The molecule has 0 radical (unpaired) electrons. The number of nitrogens with one attached hydrogen (secondary N) is 2. The number of nitrogens with zero attached hydrogens (tertiary/aromatic N) is 1. The minimum atomic E-state index is -0.689. The Morgan fingerprint density at radius 1 is 1.30 bits per heavy atom. The Morgan fingerprint density at radius 3 is 2.60 bits per heavy atom. The van der Waals surface area contributed by atoms with Gasteiger partial charge in [0.1, 0.15) is 6.10 Å². The molecule has 1 aromatic rings. The van der Waals surface area contributed by atoms with E-state index in [1.807, 2.05) is 25.1 Å². The molecule has 1 rings (SSSR count). The first-order valence-corrected chi connectivity index (χ1v) is 7.01. The summed E-state index contributed by atoms with van der Waals surface area (Å²) in [6.45, 7) is 6.03. The van der Waals surface area contributed by atoms with Crippen molar-refractivity contribution in [3.8, 4) is 0 Å². The van der Waals surface area contributed by atoms with Crippen LogP contribution in [0.25, 0.3) is 0 Å². The Labute approximate surface area is 143 Å². The summed E-state index contributed by atoms with van der Waals surface area (Å²) < 4.78 is 0. The van der Waals surface area contributed by atoms with Crippen LogP contribution in [0.2, 0.25) is 5.02 Å². The van der Waals surface area contributed by atoms with Gasteiger partial charge < -0.3 is 15.7 Å². The maximum absolute atomic E-state index is 10.1. The van der Waals surface area contributed by atoms with Gasteiger partial charge in [-0.1, -0.05) is 36.7 Å². The third-order valence-electron chi connectivity index (χ3n) is 2.57.